The second-order valence-electron chi connectivity index (χ2n) is 8.97. The largest absolute Gasteiger partial charge is 0.309 e. The van der Waals surface area contributed by atoms with Gasteiger partial charge in [0.25, 0.3) is 0 Å². The number of hydrogen-bond donors (Lipinski definition) is 1. The Bertz CT molecular complexity index is 1300. The number of carbonyl (C=O) groups is 1. The average molecular weight is 523 g/mol. The van der Waals surface area contributed by atoms with Crippen molar-refractivity contribution in [2.24, 2.45) is 0 Å². The van der Waals surface area contributed by atoms with E-state index in [-0.39, 0.29) is 23.4 Å². The van der Waals surface area contributed by atoms with Gasteiger partial charge in [-0.15, -0.1) is 0 Å². The molecule has 1 N–H and O–H groups in total. The minimum Gasteiger partial charge on any atom is -0.309 e. The van der Waals surface area contributed by atoms with Crippen LogP contribution in [0.1, 0.15) is 39.0 Å². The number of nitrogens with one attached hydrogen (secondary N) is 1. The summed E-state index contributed by atoms with van der Waals surface area (Å²) in [6, 6.07) is 13.3. The minimum atomic E-state index is -3.83. The van der Waals surface area contributed by atoms with Crippen LogP contribution in [0.4, 0.5) is 5.82 Å². The zero-order chi connectivity index (χ0) is 25.3. The third-order valence-electron chi connectivity index (χ3n) is 5.22. The summed E-state index contributed by atoms with van der Waals surface area (Å²) in [4.78, 5) is 13.1. The quantitative estimate of drug-likeness (QED) is 0.448. The van der Waals surface area contributed by atoms with E-state index in [9.17, 15) is 13.2 Å². The number of aromatic nitrogens is 2. The molecule has 1 heterocycles. The molecule has 0 saturated carbocycles. The lowest BCUT2D eigenvalue weighted by molar-refractivity contribution is -0.116. The van der Waals surface area contributed by atoms with Crippen molar-refractivity contribution in [3.8, 4) is 5.69 Å². The van der Waals surface area contributed by atoms with E-state index in [1.54, 1.807) is 60.1 Å². The van der Waals surface area contributed by atoms with Crippen LogP contribution in [0.5, 0.6) is 0 Å². The summed E-state index contributed by atoms with van der Waals surface area (Å²) in [7, 11) is -3.83. The maximum atomic E-state index is 13.1. The number of amides is 1. The van der Waals surface area contributed by atoms with Gasteiger partial charge in [-0.1, -0.05) is 68.6 Å². The fraction of sp³-hybridized carbons (Fsp3) is 0.333. The molecule has 0 bridgehead atoms. The van der Waals surface area contributed by atoms with Crippen molar-refractivity contribution in [3.63, 3.8) is 0 Å². The standard InChI is InChI=1S/C24H28Cl2N4O3S/c1-6-29(34(32,33)18-10-7-16(2)8-11-18)15-23(31)27-22-14-21(24(3,4)5)28-30(22)17-9-12-19(25)20(26)13-17/h7-14H,6,15H2,1-5H3,(H,27,31). The third-order valence-corrected chi connectivity index (χ3v) is 7.90. The summed E-state index contributed by atoms with van der Waals surface area (Å²) in [5.41, 5.74) is 2.02. The average Bonchev–Trinajstić information content (AvgIpc) is 3.18. The Morgan fingerprint density at radius 1 is 1.06 bits per heavy atom. The molecule has 0 radical (unpaired) electrons. The highest BCUT2D eigenvalue weighted by Crippen LogP contribution is 2.29. The van der Waals surface area contributed by atoms with Gasteiger partial charge >= 0.3 is 0 Å². The molecule has 1 aromatic heterocycles. The van der Waals surface area contributed by atoms with Crippen LogP contribution in [0, 0.1) is 6.92 Å². The Morgan fingerprint density at radius 2 is 1.71 bits per heavy atom. The highest BCUT2D eigenvalue weighted by molar-refractivity contribution is 7.89. The van der Waals surface area contributed by atoms with Crippen LogP contribution in [0.25, 0.3) is 5.69 Å². The minimum absolute atomic E-state index is 0.142. The van der Waals surface area contributed by atoms with E-state index in [2.05, 4.69) is 10.4 Å². The monoisotopic (exact) mass is 522 g/mol. The Hall–Kier alpha value is -2.39. The van der Waals surface area contributed by atoms with Gasteiger partial charge in [0.15, 0.2) is 0 Å². The number of halogens is 2. The Morgan fingerprint density at radius 3 is 2.26 bits per heavy atom. The zero-order valence-corrected chi connectivity index (χ0v) is 22.1. The summed E-state index contributed by atoms with van der Waals surface area (Å²) in [6.45, 7) is 9.39. The molecule has 0 atom stereocenters. The summed E-state index contributed by atoms with van der Waals surface area (Å²) < 4.78 is 28.8. The number of hydrogen-bond acceptors (Lipinski definition) is 4. The summed E-state index contributed by atoms with van der Waals surface area (Å²) in [5, 5.41) is 8.21. The van der Waals surface area contributed by atoms with E-state index < -0.39 is 15.9 Å². The SMILES string of the molecule is CCN(CC(=O)Nc1cc(C(C)(C)C)nn1-c1ccc(Cl)c(Cl)c1)S(=O)(=O)c1ccc(C)cc1. The first-order valence-electron chi connectivity index (χ1n) is 10.8. The van der Waals surface area contributed by atoms with E-state index in [0.29, 0.717) is 21.6 Å². The van der Waals surface area contributed by atoms with Crippen molar-refractivity contribution >= 4 is 45.0 Å². The van der Waals surface area contributed by atoms with Gasteiger partial charge in [-0.05, 0) is 37.3 Å². The first-order valence-corrected chi connectivity index (χ1v) is 12.9. The van der Waals surface area contributed by atoms with Gasteiger partial charge in [-0.2, -0.15) is 9.40 Å². The number of anilines is 1. The predicted octanol–water partition coefficient (Wildman–Crippen LogP) is 5.43. The van der Waals surface area contributed by atoms with Crippen molar-refractivity contribution in [2.45, 2.75) is 44.9 Å². The molecule has 3 aromatic rings. The van der Waals surface area contributed by atoms with Crippen molar-refractivity contribution in [1.82, 2.24) is 14.1 Å². The van der Waals surface area contributed by atoms with Crippen molar-refractivity contribution in [3.05, 3.63) is 69.8 Å². The van der Waals surface area contributed by atoms with Crippen LogP contribution in [0.3, 0.4) is 0 Å². The van der Waals surface area contributed by atoms with E-state index in [1.165, 1.54) is 0 Å². The molecule has 1 amide bonds. The number of sulfonamides is 1. The molecular formula is C24H28Cl2N4O3S. The fourth-order valence-electron chi connectivity index (χ4n) is 3.22. The molecule has 0 fully saturated rings. The first kappa shape index (κ1) is 26.2. The molecule has 3 rings (SSSR count). The molecule has 0 aliphatic rings. The second kappa shape index (κ2) is 10.1. The van der Waals surface area contributed by atoms with E-state index in [0.717, 1.165) is 15.6 Å². The molecule has 2 aromatic carbocycles. The van der Waals surface area contributed by atoms with Crippen molar-refractivity contribution in [1.29, 1.82) is 0 Å². The smallest absolute Gasteiger partial charge is 0.243 e. The molecular weight excluding hydrogens is 495 g/mol. The van der Waals surface area contributed by atoms with Crippen LogP contribution >= 0.6 is 23.2 Å². The van der Waals surface area contributed by atoms with Crippen LogP contribution in [-0.2, 0) is 20.2 Å². The number of nitrogens with zero attached hydrogens (tertiary/aromatic N) is 3. The van der Waals surface area contributed by atoms with Crippen molar-refractivity contribution in [2.75, 3.05) is 18.4 Å². The van der Waals surface area contributed by atoms with E-state index >= 15 is 0 Å². The summed E-state index contributed by atoms with van der Waals surface area (Å²) >= 11 is 12.2. The lowest BCUT2D eigenvalue weighted by atomic mass is 9.92. The molecule has 0 unspecified atom stereocenters. The Labute approximate surface area is 210 Å². The van der Waals surface area contributed by atoms with E-state index in [1.807, 2.05) is 27.7 Å². The Kier molecular flexibility index (Phi) is 7.77. The topological polar surface area (TPSA) is 84.3 Å². The molecule has 0 aliphatic carbocycles. The van der Waals surface area contributed by atoms with Gasteiger partial charge in [0.2, 0.25) is 15.9 Å². The number of rotatable bonds is 7. The van der Waals surface area contributed by atoms with Crippen LogP contribution in [0.2, 0.25) is 10.0 Å². The molecule has 10 heteroatoms. The molecule has 0 saturated heterocycles. The van der Waals surface area contributed by atoms with Crippen molar-refractivity contribution < 1.29 is 13.2 Å². The summed E-state index contributed by atoms with van der Waals surface area (Å²) in [5.74, 6) is -0.0868. The maximum Gasteiger partial charge on any atom is 0.243 e. The number of aryl methyl sites for hydroxylation is 1. The lowest BCUT2D eigenvalue weighted by Crippen LogP contribution is -2.38. The normalized spacial score (nSPS) is 12.2. The Balaban J connectivity index is 1.90. The number of benzene rings is 2. The van der Waals surface area contributed by atoms with E-state index in [4.69, 9.17) is 23.2 Å². The highest BCUT2D eigenvalue weighted by atomic mass is 35.5. The summed E-state index contributed by atoms with van der Waals surface area (Å²) in [6.07, 6.45) is 0. The number of carbonyl (C=O) groups excluding carboxylic acids is 1. The third kappa shape index (κ3) is 5.81. The lowest BCUT2D eigenvalue weighted by Gasteiger charge is -2.20. The molecule has 0 spiro atoms. The van der Waals surface area contributed by atoms with Gasteiger partial charge in [-0.3, -0.25) is 4.79 Å². The fourth-order valence-corrected chi connectivity index (χ4v) is 4.92. The predicted molar refractivity (Wildman–Crippen MR) is 137 cm³/mol. The van der Waals surface area contributed by atoms with Crippen LogP contribution in [-0.4, -0.2) is 41.5 Å². The zero-order valence-electron chi connectivity index (χ0n) is 19.8. The first-order chi connectivity index (χ1) is 15.8. The molecule has 7 nitrogen and oxygen atoms in total. The second-order valence-corrected chi connectivity index (χ2v) is 11.7. The maximum absolute atomic E-state index is 13.1. The van der Waals surface area contributed by atoms with Crippen LogP contribution < -0.4 is 5.32 Å². The van der Waals surface area contributed by atoms with Gasteiger partial charge in [0.1, 0.15) is 5.82 Å². The van der Waals surface area contributed by atoms with Gasteiger partial charge in [-0.25, -0.2) is 13.1 Å². The van der Waals surface area contributed by atoms with Crippen LogP contribution in [0.15, 0.2) is 53.4 Å². The molecule has 182 valence electrons. The van der Waals surface area contributed by atoms with Gasteiger partial charge in [0.05, 0.1) is 32.9 Å². The highest BCUT2D eigenvalue weighted by Gasteiger charge is 2.27. The van der Waals surface area contributed by atoms with Gasteiger partial charge in [0, 0.05) is 18.0 Å². The van der Waals surface area contributed by atoms with Gasteiger partial charge < -0.3 is 5.32 Å². The number of likely N-dealkylation sites (N-methyl/N-ethyl adjacent to an activating group) is 1. The molecule has 34 heavy (non-hydrogen) atoms. The molecule has 0 aliphatic heterocycles.